The quantitative estimate of drug-likeness (QED) is 0.714. The van der Waals surface area contributed by atoms with Gasteiger partial charge in [-0.15, -0.1) is 23.5 Å². The highest BCUT2D eigenvalue weighted by Gasteiger charge is 2.23. The van der Waals surface area contributed by atoms with Crippen LogP contribution in [0.3, 0.4) is 0 Å². The van der Waals surface area contributed by atoms with Gasteiger partial charge >= 0.3 is 0 Å². The molecule has 1 aliphatic heterocycles. The van der Waals surface area contributed by atoms with E-state index < -0.39 is 0 Å². The highest BCUT2D eigenvalue weighted by molar-refractivity contribution is 8.21. The summed E-state index contributed by atoms with van der Waals surface area (Å²) in [4.78, 5) is 0. The van der Waals surface area contributed by atoms with E-state index in [2.05, 4.69) is 42.4 Å². The minimum absolute atomic E-state index is 0.811. The third kappa shape index (κ3) is 2.80. The molecule has 0 saturated carbocycles. The van der Waals surface area contributed by atoms with Crippen molar-refractivity contribution < 1.29 is 0 Å². The van der Waals surface area contributed by atoms with Crippen molar-refractivity contribution in [3.63, 3.8) is 0 Å². The summed E-state index contributed by atoms with van der Waals surface area (Å²) in [7, 11) is 0. The van der Waals surface area contributed by atoms with Crippen LogP contribution in [-0.4, -0.2) is 33.3 Å². The van der Waals surface area contributed by atoms with E-state index in [4.69, 9.17) is 0 Å². The standard InChI is InChI=1S/C6H12S4/c1-8-4-6-9-3-5(2-7)10-6/h5-7H,2-4H2,1H3. The van der Waals surface area contributed by atoms with E-state index in [1.807, 2.05) is 11.8 Å². The fourth-order valence-corrected chi connectivity index (χ4v) is 5.81. The van der Waals surface area contributed by atoms with Crippen molar-refractivity contribution in [1.82, 2.24) is 0 Å². The zero-order valence-electron chi connectivity index (χ0n) is 5.95. The van der Waals surface area contributed by atoms with Crippen molar-refractivity contribution in [2.75, 3.05) is 23.5 Å². The van der Waals surface area contributed by atoms with Crippen LogP contribution in [0.25, 0.3) is 0 Å². The molecule has 1 aliphatic rings. The Kier molecular flexibility index (Phi) is 4.86. The van der Waals surface area contributed by atoms with Crippen molar-refractivity contribution in [2.45, 2.75) is 9.83 Å². The van der Waals surface area contributed by atoms with Gasteiger partial charge in [0.2, 0.25) is 0 Å². The monoisotopic (exact) mass is 212 g/mol. The minimum Gasteiger partial charge on any atom is -0.178 e. The lowest BCUT2D eigenvalue weighted by atomic mass is 10.6. The van der Waals surface area contributed by atoms with Crippen LogP contribution in [0, 0.1) is 0 Å². The normalized spacial score (nSPS) is 33.0. The van der Waals surface area contributed by atoms with Crippen LogP contribution in [0.5, 0.6) is 0 Å². The zero-order valence-corrected chi connectivity index (χ0v) is 9.29. The molecule has 0 spiro atoms. The van der Waals surface area contributed by atoms with Crippen molar-refractivity contribution >= 4 is 47.9 Å². The van der Waals surface area contributed by atoms with E-state index >= 15 is 0 Å². The molecular weight excluding hydrogens is 200 g/mol. The Balaban J connectivity index is 2.15. The smallest absolute Gasteiger partial charge is 0.0596 e. The summed E-state index contributed by atoms with van der Waals surface area (Å²) in [6, 6.07) is 0. The van der Waals surface area contributed by atoms with Gasteiger partial charge in [0, 0.05) is 22.5 Å². The van der Waals surface area contributed by atoms with Crippen molar-refractivity contribution in [1.29, 1.82) is 0 Å². The minimum atomic E-state index is 0.811. The molecule has 1 saturated heterocycles. The van der Waals surface area contributed by atoms with Crippen LogP contribution in [0.2, 0.25) is 0 Å². The maximum atomic E-state index is 4.28. The van der Waals surface area contributed by atoms with Gasteiger partial charge in [0.25, 0.3) is 0 Å². The molecule has 60 valence electrons. The Morgan fingerprint density at radius 1 is 1.70 bits per heavy atom. The Morgan fingerprint density at radius 3 is 3.00 bits per heavy atom. The van der Waals surface area contributed by atoms with Gasteiger partial charge in [-0.1, -0.05) is 0 Å². The molecule has 0 N–H and O–H groups in total. The van der Waals surface area contributed by atoms with Crippen LogP contribution in [0.4, 0.5) is 0 Å². The molecule has 0 aliphatic carbocycles. The van der Waals surface area contributed by atoms with Crippen molar-refractivity contribution in [3.8, 4) is 0 Å². The fraction of sp³-hybridized carbons (Fsp3) is 1.00. The number of thiol groups is 1. The SMILES string of the molecule is CSCC1SCC(CS)S1. The Labute approximate surface area is 81.1 Å². The van der Waals surface area contributed by atoms with Crippen LogP contribution in [0.1, 0.15) is 0 Å². The lowest BCUT2D eigenvalue weighted by Crippen LogP contribution is -2.02. The van der Waals surface area contributed by atoms with Crippen LogP contribution >= 0.6 is 47.9 Å². The molecule has 1 heterocycles. The third-order valence-corrected chi connectivity index (χ3v) is 6.37. The number of thioether (sulfide) groups is 3. The second kappa shape index (κ2) is 5.12. The van der Waals surface area contributed by atoms with Gasteiger partial charge in [0.1, 0.15) is 0 Å². The predicted octanol–water partition coefficient (Wildman–Crippen LogP) is 2.45. The van der Waals surface area contributed by atoms with Gasteiger partial charge in [0.05, 0.1) is 4.58 Å². The first-order chi connectivity index (χ1) is 4.86. The van der Waals surface area contributed by atoms with Gasteiger partial charge in [-0.2, -0.15) is 24.4 Å². The van der Waals surface area contributed by atoms with Crippen molar-refractivity contribution in [3.05, 3.63) is 0 Å². The fourth-order valence-electron chi connectivity index (χ4n) is 0.827. The average molecular weight is 212 g/mol. The number of rotatable bonds is 3. The van der Waals surface area contributed by atoms with E-state index in [1.54, 1.807) is 0 Å². The van der Waals surface area contributed by atoms with Gasteiger partial charge in [-0.05, 0) is 6.26 Å². The molecule has 4 heteroatoms. The van der Waals surface area contributed by atoms with Gasteiger partial charge in [-0.25, -0.2) is 0 Å². The summed E-state index contributed by atoms with van der Waals surface area (Å²) in [5.41, 5.74) is 0. The predicted molar refractivity (Wildman–Crippen MR) is 59.9 cm³/mol. The first-order valence-electron chi connectivity index (χ1n) is 3.23. The molecule has 0 aromatic heterocycles. The second-order valence-electron chi connectivity index (χ2n) is 2.16. The van der Waals surface area contributed by atoms with Crippen LogP contribution in [0.15, 0.2) is 0 Å². The maximum Gasteiger partial charge on any atom is 0.0596 e. The Hall–Kier alpha value is 1.40. The molecule has 2 atom stereocenters. The highest BCUT2D eigenvalue weighted by Crippen LogP contribution is 2.39. The van der Waals surface area contributed by atoms with Gasteiger partial charge in [0.15, 0.2) is 0 Å². The van der Waals surface area contributed by atoms with Gasteiger partial charge < -0.3 is 0 Å². The van der Waals surface area contributed by atoms with Crippen molar-refractivity contribution in [2.24, 2.45) is 0 Å². The summed E-state index contributed by atoms with van der Waals surface area (Å²) >= 11 is 10.4. The van der Waals surface area contributed by atoms with E-state index in [9.17, 15) is 0 Å². The zero-order chi connectivity index (χ0) is 7.40. The van der Waals surface area contributed by atoms with E-state index in [-0.39, 0.29) is 0 Å². The Morgan fingerprint density at radius 2 is 2.50 bits per heavy atom. The first kappa shape index (κ1) is 9.49. The molecule has 1 fully saturated rings. The largest absolute Gasteiger partial charge is 0.178 e. The molecule has 0 nitrogen and oxygen atoms in total. The highest BCUT2D eigenvalue weighted by atomic mass is 32.2. The third-order valence-electron chi connectivity index (χ3n) is 1.32. The van der Waals surface area contributed by atoms with Crippen LogP contribution in [-0.2, 0) is 0 Å². The van der Waals surface area contributed by atoms with Crippen LogP contribution < -0.4 is 0 Å². The molecular formula is C6H12S4. The molecule has 0 radical (unpaired) electrons. The summed E-state index contributed by atoms with van der Waals surface area (Å²) in [5.74, 6) is 3.64. The molecule has 2 unspecified atom stereocenters. The van der Waals surface area contributed by atoms with E-state index in [0.717, 1.165) is 15.6 Å². The molecule has 0 aromatic rings. The molecule has 0 aromatic carbocycles. The molecule has 10 heavy (non-hydrogen) atoms. The lowest BCUT2D eigenvalue weighted by Gasteiger charge is -2.05. The topological polar surface area (TPSA) is 0 Å². The summed E-state index contributed by atoms with van der Waals surface area (Å²) in [6.45, 7) is 0. The van der Waals surface area contributed by atoms with E-state index in [0.29, 0.717) is 0 Å². The summed E-state index contributed by atoms with van der Waals surface area (Å²) < 4.78 is 0.840. The number of hydrogen-bond acceptors (Lipinski definition) is 4. The van der Waals surface area contributed by atoms with E-state index in [1.165, 1.54) is 11.5 Å². The summed E-state index contributed by atoms with van der Waals surface area (Å²) in [6.07, 6.45) is 2.18. The maximum absolute atomic E-state index is 4.28. The second-order valence-corrected chi connectivity index (χ2v) is 6.48. The first-order valence-corrected chi connectivity index (χ1v) is 7.25. The lowest BCUT2D eigenvalue weighted by molar-refractivity contribution is 1.17. The van der Waals surface area contributed by atoms with Gasteiger partial charge in [-0.3, -0.25) is 0 Å². The molecule has 0 amide bonds. The number of hydrogen-bond donors (Lipinski definition) is 1. The summed E-state index contributed by atoms with van der Waals surface area (Å²) in [5, 5.41) is 0.811. The Bertz CT molecular complexity index is 95.7. The average Bonchev–Trinajstić information content (AvgIpc) is 2.37. The molecule has 0 bridgehead atoms. The molecule has 1 rings (SSSR count).